The van der Waals surface area contributed by atoms with E-state index in [-0.39, 0.29) is 36.3 Å². The van der Waals surface area contributed by atoms with Gasteiger partial charge in [-0.2, -0.15) is 18.6 Å². The summed E-state index contributed by atoms with van der Waals surface area (Å²) in [5.41, 5.74) is 0. The lowest BCUT2D eigenvalue weighted by atomic mass is 10.1. The molecular weight excluding hydrogens is 1040 g/mol. The van der Waals surface area contributed by atoms with Crippen LogP contribution in [0.4, 0.5) is 0 Å². The molecule has 0 bridgehead atoms. The second kappa shape index (κ2) is 63.5. The molecule has 3 amide bonds. The minimum Gasteiger partial charge on any atom is -0.356 e. The van der Waals surface area contributed by atoms with Gasteiger partial charge in [-0.05, 0) is 109 Å². The smallest absolute Gasteiger partial charge is 0.219 e. The maximum absolute atomic E-state index is 11.6. The number of amides is 3. The van der Waals surface area contributed by atoms with Crippen molar-refractivity contribution in [2.45, 2.75) is 278 Å². The van der Waals surface area contributed by atoms with Gasteiger partial charge in [0.15, 0.2) is 0 Å². The van der Waals surface area contributed by atoms with Crippen molar-refractivity contribution in [3.8, 4) is 0 Å². The average molecular weight is 1180 g/mol. The van der Waals surface area contributed by atoms with E-state index in [1.54, 1.807) is 42.3 Å². The Morgan fingerprint density at radius 1 is 0.313 bits per heavy atom. The zero-order valence-corrected chi connectivity index (χ0v) is 56.8. The first kappa shape index (κ1) is 86.5. The van der Waals surface area contributed by atoms with Gasteiger partial charge < -0.3 is 16.0 Å². The van der Waals surface area contributed by atoms with Gasteiger partial charge in [-0.15, -0.1) is 6.58 Å². The van der Waals surface area contributed by atoms with Crippen molar-refractivity contribution in [1.82, 2.24) is 16.0 Å². The largest absolute Gasteiger partial charge is 0.356 e. The van der Waals surface area contributed by atoms with Crippen molar-refractivity contribution in [2.24, 2.45) is 0 Å². The summed E-state index contributed by atoms with van der Waals surface area (Å²) >= 11 is 0. The van der Waals surface area contributed by atoms with E-state index in [0.29, 0.717) is 58.5 Å². The minimum absolute atomic E-state index is 0.0380. The second-order valence-corrected chi connectivity index (χ2v) is 25.4. The molecule has 0 unspecified atom stereocenters. The molecule has 0 radical (unpaired) electrons. The number of rotatable bonds is 54. The summed E-state index contributed by atoms with van der Waals surface area (Å²) in [4.78, 5) is 34.7. The zero-order valence-electron chi connectivity index (χ0n) is 56.8. The van der Waals surface area contributed by atoms with Gasteiger partial charge in [-0.1, -0.05) is 172 Å². The summed E-state index contributed by atoms with van der Waals surface area (Å²) in [5.74, 6) is 0.422. The summed E-state index contributed by atoms with van der Waals surface area (Å²) in [5, 5.41) is 46.7. The predicted molar refractivity (Wildman–Crippen MR) is 353 cm³/mol. The molecule has 0 rings (SSSR count). The van der Waals surface area contributed by atoms with Crippen LogP contribution in [0.1, 0.15) is 278 Å². The Bertz CT molecular complexity index is 1500. The maximum Gasteiger partial charge on any atom is 0.219 e. The van der Waals surface area contributed by atoms with Crippen LogP contribution in [-0.2, 0) is 14.4 Å². The summed E-state index contributed by atoms with van der Waals surface area (Å²) in [7, 11) is 14.1. The fourth-order valence-electron chi connectivity index (χ4n) is 8.84. The number of nitrogens with zero attached hydrogens (tertiary/aromatic N) is 4. The highest BCUT2D eigenvalue weighted by Crippen LogP contribution is 2.12. The van der Waals surface area contributed by atoms with Crippen molar-refractivity contribution in [3.63, 3.8) is 0 Å². The number of hydrogen-bond donors (Lipinski definition) is 7. The Morgan fingerprint density at radius 2 is 0.554 bits per heavy atom. The number of carbonyl (C=O) groups excluding carboxylic acids is 3. The molecule has 0 aromatic rings. The first-order chi connectivity index (χ1) is 39.4. The van der Waals surface area contributed by atoms with Crippen LogP contribution in [0.3, 0.4) is 0 Å². The highest BCUT2D eigenvalue weighted by atomic mass is 16.5. The fourth-order valence-corrected chi connectivity index (χ4v) is 8.84. The fraction of sp³-hybridized carbons (Fsp3) is 0.841. The standard InChI is InChI=1S/C19H38N2O2.C18H38NO.C17H34N2O2.C15H30N2O2/c1-4-5-6-7-8-9-10-11-12-13-14-16-19(22)20-17-15-18-21(2,3)23;1-4-5-6-7-8-9-10-11-12-13-14-15-16-17-18-19(2,3)20;1-4-5-6-7-8-9-10-11-12-14-17(20)18-15-13-16-19(2,3)21;1-4-5-6-7-8-9-10-12-15(18)16-13-11-14-17(2,3)19/h7-8,23H,4-6,9-18H2,1-3H3;9-10,20H,4-8,11-18H2,1-3H3;5-6,21H,4,7-16H2,1-3H3;4,19H,1,5-14H2,2-3H3/q;+1;;/p+3/b8-7+;10-9+;6-5+;. The molecule has 0 fully saturated rings. The Kier molecular flexibility index (Phi) is 66.2. The molecule has 0 aliphatic rings. The Hall–Kier alpha value is -2.95. The van der Waals surface area contributed by atoms with Gasteiger partial charge in [0.25, 0.3) is 0 Å². The van der Waals surface area contributed by atoms with E-state index >= 15 is 0 Å². The van der Waals surface area contributed by atoms with Crippen LogP contribution < -0.4 is 16.0 Å². The summed E-state index contributed by atoms with van der Waals surface area (Å²) in [6, 6.07) is 0. The lowest BCUT2D eigenvalue weighted by molar-refractivity contribution is -1.07. The molecule has 14 heteroatoms. The number of quaternary nitrogens is 4. The lowest BCUT2D eigenvalue weighted by Gasteiger charge is -2.19. The van der Waals surface area contributed by atoms with E-state index < -0.39 is 0 Å². The number of unbranched alkanes of at least 4 members (excludes halogenated alkanes) is 27. The van der Waals surface area contributed by atoms with Crippen LogP contribution in [-0.4, -0.2) is 159 Å². The van der Waals surface area contributed by atoms with Gasteiger partial charge in [-0.25, -0.2) is 20.8 Å². The minimum atomic E-state index is -0.0411. The topological polar surface area (TPSA) is 168 Å². The van der Waals surface area contributed by atoms with Crippen LogP contribution in [0, 0.1) is 0 Å². The number of carbonyl (C=O) groups is 3. The van der Waals surface area contributed by atoms with Crippen molar-refractivity contribution < 1.29 is 53.8 Å². The normalized spacial score (nSPS) is 11.9. The third-order valence-corrected chi connectivity index (χ3v) is 14.0. The first-order valence-electron chi connectivity index (χ1n) is 34.0. The molecule has 0 aromatic carbocycles. The SMILES string of the molecule is C=CCCCCCCCC(=O)NCCC[N+](C)(C)O.CC/C=C/CCCCCCCC(=O)NCCC[N+](C)(C)O.CCCC/C=C/CCCCCCCC(=O)NCCC[N+](C)(C)O.CCCCCC/C=C/CCCCCCCC[N+](C)(C)O. The molecule has 0 aromatic heterocycles. The Morgan fingerprint density at radius 3 is 0.843 bits per heavy atom. The van der Waals surface area contributed by atoms with Crippen LogP contribution in [0.15, 0.2) is 49.1 Å². The molecule has 0 saturated carbocycles. The van der Waals surface area contributed by atoms with E-state index in [9.17, 15) is 35.2 Å². The van der Waals surface area contributed by atoms with E-state index in [2.05, 4.69) is 79.8 Å². The van der Waals surface area contributed by atoms with Gasteiger partial charge in [0.05, 0.1) is 56.4 Å². The third kappa shape index (κ3) is 93.0. The summed E-state index contributed by atoms with van der Waals surface area (Å²) in [6.07, 6.45) is 61.8. The summed E-state index contributed by atoms with van der Waals surface area (Å²) in [6.45, 7) is 15.2. The molecule has 14 nitrogen and oxygen atoms in total. The molecule has 0 atom stereocenters. The van der Waals surface area contributed by atoms with Gasteiger partial charge in [0.1, 0.15) is 26.2 Å². The highest BCUT2D eigenvalue weighted by molar-refractivity contribution is 5.76. The van der Waals surface area contributed by atoms with Gasteiger partial charge in [0.2, 0.25) is 17.7 Å². The highest BCUT2D eigenvalue weighted by Gasteiger charge is 2.13. The molecule has 83 heavy (non-hydrogen) atoms. The summed E-state index contributed by atoms with van der Waals surface area (Å²) < 4.78 is -0.00337. The lowest BCUT2D eigenvalue weighted by Crippen LogP contribution is -2.38. The van der Waals surface area contributed by atoms with Crippen LogP contribution in [0.25, 0.3) is 0 Å². The van der Waals surface area contributed by atoms with Crippen molar-refractivity contribution >= 4 is 17.7 Å². The van der Waals surface area contributed by atoms with Crippen molar-refractivity contribution in [1.29, 1.82) is 0 Å². The quantitative estimate of drug-likeness (QED) is 0.0138. The zero-order chi connectivity index (χ0) is 63.0. The number of allylic oxidation sites excluding steroid dienone is 7. The Labute approximate surface area is 514 Å². The van der Waals surface area contributed by atoms with Crippen LogP contribution in [0.2, 0.25) is 0 Å². The second-order valence-electron chi connectivity index (χ2n) is 25.4. The molecule has 7 N–H and O–H groups in total. The van der Waals surface area contributed by atoms with Crippen molar-refractivity contribution in [3.05, 3.63) is 49.1 Å². The third-order valence-electron chi connectivity index (χ3n) is 14.0. The van der Waals surface area contributed by atoms with E-state index in [1.807, 2.05) is 20.2 Å². The van der Waals surface area contributed by atoms with E-state index in [1.165, 1.54) is 161 Å². The van der Waals surface area contributed by atoms with Crippen LogP contribution in [0.5, 0.6) is 0 Å². The molecule has 0 heterocycles. The molecule has 0 saturated heterocycles. The maximum atomic E-state index is 11.6. The van der Waals surface area contributed by atoms with E-state index in [0.717, 1.165) is 83.6 Å². The number of hydrogen-bond acceptors (Lipinski definition) is 7. The Balaban J connectivity index is -0.000000502. The van der Waals surface area contributed by atoms with E-state index in [4.69, 9.17) is 0 Å². The molecule has 0 spiro atoms. The number of nitrogens with one attached hydrogen (secondary N) is 3. The van der Waals surface area contributed by atoms with Gasteiger partial charge >= 0.3 is 0 Å². The average Bonchev–Trinajstić information content (AvgIpc) is 3.40. The molecule has 0 aliphatic heterocycles. The van der Waals surface area contributed by atoms with Gasteiger partial charge in [0, 0.05) is 58.2 Å². The monoisotopic (exact) mass is 1180 g/mol. The van der Waals surface area contributed by atoms with Gasteiger partial charge in [-0.3, -0.25) is 14.4 Å². The molecule has 0 aliphatic carbocycles. The first-order valence-corrected chi connectivity index (χ1v) is 34.0. The number of hydroxylamine groups is 12. The van der Waals surface area contributed by atoms with Crippen LogP contribution >= 0.6 is 0 Å². The predicted octanol–water partition coefficient (Wildman–Crippen LogP) is 16.7. The molecule has 492 valence electrons. The van der Waals surface area contributed by atoms with Crippen molar-refractivity contribution in [2.75, 3.05) is 102 Å². The molecular formula is C69H143N7O7+4.